The minimum atomic E-state index is -1.10. The van der Waals surface area contributed by atoms with Crippen LogP contribution >= 0.6 is 0 Å². The molecule has 2 amide bonds. The average Bonchev–Trinajstić information content (AvgIpc) is 2.51. The fourth-order valence-electron chi connectivity index (χ4n) is 1.89. The molecule has 1 atom stereocenters. The van der Waals surface area contributed by atoms with E-state index in [4.69, 9.17) is 14.6 Å². The van der Waals surface area contributed by atoms with Gasteiger partial charge in [0.2, 0.25) is 6.41 Å². The summed E-state index contributed by atoms with van der Waals surface area (Å²) in [6, 6.07) is 5.87. The summed E-state index contributed by atoms with van der Waals surface area (Å²) in [7, 11) is 0. The molecule has 0 saturated carbocycles. The summed E-state index contributed by atoms with van der Waals surface area (Å²) in [5.74, 6) is -0.509. The Kier molecular flexibility index (Phi) is 7.71. The number of rotatable bonds is 9. The van der Waals surface area contributed by atoms with E-state index < -0.39 is 23.7 Å². The molecule has 0 saturated heterocycles. The van der Waals surface area contributed by atoms with Gasteiger partial charge in [0.1, 0.15) is 24.0 Å². The minimum absolute atomic E-state index is 0.175. The summed E-state index contributed by atoms with van der Waals surface area (Å²) >= 11 is 0. The molecule has 8 heteroatoms. The molecular weight excluding hydrogens is 328 g/mol. The fourth-order valence-corrected chi connectivity index (χ4v) is 1.89. The standard InChI is InChI=1S/C17H24N2O6/c1-17(2,3)25-16(23)18-8-9-24-13-6-4-12(5-7-13)10-14(15(21)22)19-11-20/h4-7,11,14H,8-10H2,1-3H3,(H,18,23)(H,19,20)(H,21,22). The molecule has 1 aromatic carbocycles. The van der Waals surface area contributed by atoms with Crippen molar-refractivity contribution in [1.29, 1.82) is 0 Å². The highest BCUT2D eigenvalue weighted by Crippen LogP contribution is 2.13. The van der Waals surface area contributed by atoms with E-state index >= 15 is 0 Å². The number of benzene rings is 1. The number of carbonyl (C=O) groups excluding carboxylic acids is 2. The Balaban J connectivity index is 2.38. The molecule has 0 radical (unpaired) electrons. The number of carboxylic acid groups (broad SMARTS) is 1. The van der Waals surface area contributed by atoms with Crippen LogP contribution in [0.1, 0.15) is 26.3 Å². The smallest absolute Gasteiger partial charge is 0.407 e. The van der Waals surface area contributed by atoms with Gasteiger partial charge >= 0.3 is 12.1 Å². The molecule has 0 bridgehead atoms. The third-order valence-electron chi connectivity index (χ3n) is 2.97. The van der Waals surface area contributed by atoms with Gasteiger partial charge in [0.05, 0.1) is 6.54 Å². The van der Waals surface area contributed by atoms with E-state index in [9.17, 15) is 14.4 Å². The Bertz CT molecular complexity index is 580. The highest BCUT2D eigenvalue weighted by atomic mass is 16.6. The lowest BCUT2D eigenvalue weighted by Crippen LogP contribution is -2.37. The first-order valence-electron chi connectivity index (χ1n) is 7.82. The van der Waals surface area contributed by atoms with Crippen LogP contribution < -0.4 is 15.4 Å². The first-order valence-corrected chi connectivity index (χ1v) is 7.82. The normalized spacial score (nSPS) is 12.0. The number of alkyl carbamates (subject to hydrolysis) is 1. The van der Waals surface area contributed by atoms with E-state index in [1.54, 1.807) is 45.0 Å². The van der Waals surface area contributed by atoms with Crippen molar-refractivity contribution in [3.05, 3.63) is 29.8 Å². The SMILES string of the molecule is CC(C)(C)OC(=O)NCCOc1ccc(CC(NC=O)C(=O)O)cc1. The monoisotopic (exact) mass is 352 g/mol. The Hall–Kier alpha value is -2.77. The first-order chi connectivity index (χ1) is 11.7. The van der Waals surface area contributed by atoms with Gasteiger partial charge in [0, 0.05) is 6.42 Å². The summed E-state index contributed by atoms with van der Waals surface area (Å²) < 4.78 is 10.6. The van der Waals surface area contributed by atoms with Crippen molar-refractivity contribution < 1.29 is 29.0 Å². The van der Waals surface area contributed by atoms with Crippen LogP contribution in [0.4, 0.5) is 4.79 Å². The van der Waals surface area contributed by atoms with Gasteiger partial charge in [-0.3, -0.25) is 4.79 Å². The molecule has 0 spiro atoms. The lowest BCUT2D eigenvalue weighted by Gasteiger charge is -2.19. The van der Waals surface area contributed by atoms with Crippen molar-refractivity contribution in [3.8, 4) is 5.75 Å². The molecule has 0 aliphatic carbocycles. The average molecular weight is 352 g/mol. The molecule has 3 N–H and O–H groups in total. The second-order valence-corrected chi connectivity index (χ2v) is 6.30. The molecule has 1 rings (SSSR count). The Morgan fingerprint density at radius 3 is 2.40 bits per heavy atom. The van der Waals surface area contributed by atoms with Crippen molar-refractivity contribution >= 4 is 18.5 Å². The Labute approximate surface area is 146 Å². The van der Waals surface area contributed by atoms with Gasteiger partial charge in [0.15, 0.2) is 0 Å². The molecule has 1 aromatic rings. The maximum Gasteiger partial charge on any atom is 0.407 e. The van der Waals surface area contributed by atoms with Crippen molar-refractivity contribution in [2.24, 2.45) is 0 Å². The lowest BCUT2D eigenvalue weighted by molar-refractivity contribution is -0.140. The molecule has 0 aliphatic heterocycles. The number of ether oxygens (including phenoxy) is 2. The topological polar surface area (TPSA) is 114 Å². The highest BCUT2D eigenvalue weighted by molar-refractivity contribution is 5.76. The van der Waals surface area contributed by atoms with Crippen molar-refractivity contribution in [2.45, 2.75) is 38.8 Å². The van der Waals surface area contributed by atoms with Crippen molar-refractivity contribution in [3.63, 3.8) is 0 Å². The summed E-state index contributed by atoms with van der Waals surface area (Å²) in [6.07, 6.45) is 0.0384. The number of amides is 2. The van der Waals surface area contributed by atoms with E-state index in [2.05, 4.69) is 10.6 Å². The van der Waals surface area contributed by atoms with Crippen LogP contribution in [-0.4, -0.2) is 48.4 Å². The van der Waals surface area contributed by atoms with Crippen LogP contribution in [-0.2, 0) is 20.7 Å². The number of aliphatic carboxylic acids is 1. The van der Waals surface area contributed by atoms with E-state index in [-0.39, 0.29) is 13.0 Å². The zero-order valence-corrected chi connectivity index (χ0v) is 14.6. The maximum absolute atomic E-state index is 11.5. The molecule has 0 heterocycles. The van der Waals surface area contributed by atoms with Gasteiger partial charge in [-0.15, -0.1) is 0 Å². The molecule has 25 heavy (non-hydrogen) atoms. The van der Waals surface area contributed by atoms with Gasteiger partial charge in [-0.25, -0.2) is 9.59 Å². The Morgan fingerprint density at radius 1 is 1.24 bits per heavy atom. The molecule has 1 unspecified atom stereocenters. The second kappa shape index (κ2) is 9.51. The van der Waals surface area contributed by atoms with Crippen LogP contribution in [0.25, 0.3) is 0 Å². The molecule has 0 aliphatic rings. The molecular formula is C17H24N2O6. The number of carbonyl (C=O) groups is 3. The van der Waals surface area contributed by atoms with Crippen LogP contribution in [0.3, 0.4) is 0 Å². The third kappa shape index (κ3) is 8.59. The number of carboxylic acids is 1. The number of nitrogens with one attached hydrogen (secondary N) is 2. The largest absolute Gasteiger partial charge is 0.492 e. The van der Waals surface area contributed by atoms with Crippen molar-refractivity contribution in [1.82, 2.24) is 10.6 Å². The van der Waals surface area contributed by atoms with Gasteiger partial charge in [0.25, 0.3) is 0 Å². The zero-order chi connectivity index (χ0) is 18.9. The molecule has 0 aromatic heterocycles. The second-order valence-electron chi connectivity index (χ2n) is 6.30. The fraction of sp³-hybridized carbons (Fsp3) is 0.471. The van der Waals surface area contributed by atoms with E-state index in [1.807, 2.05) is 0 Å². The zero-order valence-electron chi connectivity index (χ0n) is 14.6. The van der Waals surface area contributed by atoms with Crippen LogP contribution in [0, 0.1) is 0 Å². The van der Waals surface area contributed by atoms with E-state index in [1.165, 1.54) is 0 Å². The number of hydrogen-bond donors (Lipinski definition) is 3. The minimum Gasteiger partial charge on any atom is -0.492 e. The van der Waals surface area contributed by atoms with Crippen LogP contribution in [0.15, 0.2) is 24.3 Å². The summed E-state index contributed by atoms with van der Waals surface area (Å²) in [4.78, 5) is 32.8. The molecule has 138 valence electrons. The first kappa shape index (κ1) is 20.3. The van der Waals surface area contributed by atoms with Gasteiger partial charge in [-0.1, -0.05) is 12.1 Å². The molecule has 0 fully saturated rings. The van der Waals surface area contributed by atoms with Crippen LogP contribution in [0.5, 0.6) is 5.75 Å². The summed E-state index contributed by atoms with van der Waals surface area (Å²) in [5, 5.41) is 13.8. The molecule has 8 nitrogen and oxygen atoms in total. The van der Waals surface area contributed by atoms with E-state index in [0.717, 1.165) is 5.56 Å². The summed E-state index contributed by atoms with van der Waals surface area (Å²) in [6.45, 7) is 5.91. The number of hydrogen-bond acceptors (Lipinski definition) is 5. The van der Waals surface area contributed by atoms with Gasteiger partial charge < -0.3 is 25.2 Å². The maximum atomic E-state index is 11.5. The lowest BCUT2D eigenvalue weighted by atomic mass is 10.1. The van der Waals surface area contributed by atoms with Gasteiger partial charge in [-0.05, 0) is 38.5 Å². The quantitative estimate of drug-likeness (QED) is 0.456. The van der Waals surface area contributed by atoms with Crippen molar-refractivity contribution in [2.75, 3.05) is 13.2 Å². The predicted molar refractivity (Wildman–Crippen MR) is 90.5 cm³/mol. The van der Waals surface area contributed by atoms with E-state index in [0.29, 0.717) is 18.7 Å². The van der Waals surface area contributed by atoms with Gasteiger partial charge in [-0.2, -0.15) is 0 Å². The predicted octanol–water partition coefficient (Wildman–Crippen LogP) is 1.33. The van der Waals surface area contributed by atoms with Crippen LogP contribution in [0.2, 0.25) is 0 Å². The Morgan fingerprint density at radius 2 is 1.88 bits per heavy atom. The third-order valence-corrected chi connectivity index (χ3v) is 2.97. The highest BCUT2D eigenvalue weighted by Gasteiger charge is 2.17. The summed E-state index contributed by atoms with van der Waals surface area (Å²) in [5.41, 5.74) is 0.203.